The molecule has 2 N–H and O–H groups in total. The van der Waals surface area contributed by atoms with Crippen molar-refractivity contribution in [1.82, 2.24) is 4.90 Å². The van der Waals surface area contributed by atoms with Gasteiger partial charge in [-0.2, -0.15) is 0 Å². The number of halogens is 1. The van der Waals surface area contributed by atoms with E-state index in [1.54, 1.807) is 4.90 Å². The van der Waals surface area contributed by atoms with Crippen molar-refractivity contribution in [3.8, 4) is 5.75 Å². The molecule has 0 fully saturated rings. The Morgan fingerprint density at radius 1 is 1.39 bits per heavy atom. The second kappa shape index (κ2) is 5.35. The van der Waals surface area contributed by atoms with Gasteiger partial charge in [-0.05, 0) is 39.0 Å². The van der Waals surface area contributed by atoms with Crippen molar-refractivity contribution in [2.45, 2.75) is 32.9 Å². The third-order valence-electron chi connectivity index (χ3n) is 2.68. The minimum atomic E-state index is -0.958. The van der Waals surface area contributed by atoms with Gasteiger partial charge in [0.1, 0.15) is 11.6 Å². The fourth-order valence-electron chi connectivity index (χ4n) is 1.58. The summed E-state index contributed by atoms with van der Waals surface area (Å²) in [6, 6.07) is 3.65. The summed E-state index contributed by atoms with van der Waals surface area (Å²) < 4.78 is 13.1. The molecule has 0 aliphatic carbocycles. The molecule has 0 heterocycles. The molecule has 0 unspecified atom stereocenters. The van der Waals surface area contributed by atoms with Crippen LogP contribution >= 0.6 is 0 Å². The first-order valence-corrected chi connectivity index (χ1v) is 5.64. The van der Waals surface area contributed by atoms with E-state index in [0.717, 1.165) is 6.07 Å². The highest BCUT2D eigenvalue weighted by Gasteiger charge is 2.24. The normalized spacial score (nSPS) is 11.8. The highest BCUT2D eigenvalue weighted by atomic mass is 19.1. The summed E-state index contributed by atoms with van der Waals surface area (Å²) in [6.45, 7) is 5.61. The number of carboxylic acid groups (broad SMARTS) is 1. The standard InChI is InChI=1S/C13H18FNO3/c1-13(2,3)15(8-12(17)18)7-9-6-10(14)4-5-11(9)16/h4-6,16H,7-8H2,1-3H3,(H,17,18). The summed E-state index contributed by atoms with van der Waals surface area (Å²) >= 11 is 0. The number of carbonyl (C=O) groups is 1. The Kier molecular flexibility index (Phi) is 4.29. The lowest BCUT2D eigenvalue weighted by Crippen LogP contribution is -2.43. The molecule has 0 spiro atoms. The molecular formula is C13H18FNO3. The summed E-state index contributed by atoms with van der Waals surface area (Å²) in [7, 11) is 0. The Morgan fingerprint density at radius 3 is 2.50 bits per heavy atom. The maximum atomic E-state index is 13.1. The Balaban J connectivity index is 2.96. The fourth-order valence-corrected chi connectivity index (χ4v) is 1.58. The van der Waals surface area contributed by atoms with Gasteiger partial charge in [-0.15, -0.1) is 0 Å². The van der Waals surface area contributed by atoms with Crippen LogP contribution in [0.1, 0.15) is 26.3 Å². The highest BCUT2D eigenvalue weighted by Crippen LogP contribution is 2.23. The molecule has 100 valence electrons. The molecule has 0 aliphatic heterocycles. The largest absolute Gasteiger partial charge is 0.508 e. The van der Waals surface area contributed by atoms with Gasteiger partial charge in [0, 0.05) is 17.6 Å². The molecule has 0 atom stereocenters. The van der Waals surface area contributed by atoms with Gasteiger partial charge in [-0.25, -0.2) is 4.39 Å². The maximum Gasteiger partial charge on any atom is 0.317 e. The number of aromatic hydroxyl groups is 1. The molecule has 1 aromatic carbocycles. The summed E-state index contributed by atoms with van der Waals surface area (Å²) in [5.74, 6) is -1.44. The number of phenolic OH excluding ortho intramolecular Hbond substituents is 1. The third kappa shape index (κ3) is 4.00. The van der Waals surface area contributed by atoms with Crippen LogP contribution in [0.5, 0.6) is 5.75 Å². The number of hydrogen-bond acceptors (Lipinski definition) is 3. The van der Waals surface area contributed by atoms with Crippen LogP contribution in [-0.4, -0.2) is 33.2 Å². The topological polar surface area (TPSA) is 60.8 Å². The fraction of sp³-hybridized carbons (Fsp3) is 0.462. The van der Waals surface area contributed by atoms with Crippen molar-refractivity contribution < 1.29 is 19.4 Å². The van der Waals surface area contributed by atoms with Crippen molar-refractivity contribution in [1.29, 1.82) is 0 Å². The Hall–Kier alpha value is -1.62. The van der Waals surface area contributed by atoms with E-state index in [4.69, 9.17) is 5.11 Å². The lowest BCUT2D eigenvalue weighted by Gasteiger charge is -2.34. The zero-order chi connectivity index (χ0) is 13.9. The van der Waals surface area contributed by atoms with E-state index in [1.165, 1.54) is 12.1 Å². The van der Waals surface area contributed by atoms with E-state index in [9.17, 15) is 14.3 Å². The quantitative estimate of drug-likeness (QED) is 0.866. The first kappa shape index (κ1) is 14.4. The smallest absolute Gasteiger partial charge is 0.317 e. The molecule has 0 radical (unpaired) electrons. The predicted octanol–water partition coefficient (Wildman–Crippen LogP) is 2.22. The monoisotopic (exact) mass is 255 g/mol. The number of phenols is 1. The highest BCUT2D eigenvalue weighted by molar-refractivity contribution is 5.69. The average Bonchev–Trinajstić information content (AvgIpc) is 2.20. The lowest BCUT2D eigenvalue weighted by molar-refractivity contribution is -0.139. The van der Waals surface area contributed by atoms with E-state index in [-0.39, 0.29) is 18.8 Å². The van der Waals surface area contributed by atoms with Crippen LogP contribution in [0.15, 0.2) is 18.2 Å². The van der Waals surface area contributed by atoms with Crippen LogP contribution in [0.4, 0.5) is 4.39 Å². The minimum Gasteiger partial charge on any atom is -0.508 e. The van der Waals surface area contributed by atoms with Crippen LogP contribution < -0.4 is 0 Å². The number of rotatable bonds is 4. The van der Waals surface area contributed by atoms with Gasteiger partial charge >= 0.3 is 5.97 Å². The van der Waals surface area contributed by atoms with Crippen LogP contribution in [0.25, 0.3) is 0 Å². The number of benzene rings is 1. The summed E-state index contributed by atoms with van der Waals surface area (Å²) in [5, 5.41) is 18.5. The number of nitrogens with zero attached hydrogens (tertiary/aromatic N) is 1. The van der Waals surface area contributed by atoms with Crippen LogP contribution in [0.2, 0.25) is 0 Å². The zero-order valence-electron chi connectivity index (χ0n) is 10.8. The Morgan fingerprint density at radius 2 is 2.00 bits per heavy atom. The molecule has 1 aromatic rings. The van der Waals surface area contributed by atoms with E-state index < -0.39 is 17.3 Å². The zero-order valence-corrected chi connectivity index (χ0v) is 10.8. The van der Waals surface area contributed by atoms with Crippen LogP contribution in [-0.2, 0) is 11.3 Å². The lowest BCUT2D eigenvalue weighted by atomic mass is 10.0. The molecule has 18 heavy (non-hydrogen) atoms. The molecule has 1 rings (SSSR count). The number of hydrogen-bond donors (Lipinski definition) is 2. The van der Waals surface area contributed by atoms with Crippen molar-refractivity contribution >= 4 is 5.97 Å². The Labute approximate surface area is 106 Å². The number of carboxylic acids is 1. The SMILES string of the molecule is CC(C)(C)N(CC(=O)O)Cc1cc(F)ccc1O. The van der Waals surface area contributed by atoms with E-state index >= 15 is 0 Å². The van der Waals surface area contributed by atoms with Crippen LogP contribution in [0, 0.1) is 5.82 Å². The van der Waals surface area contributed by atoms with Gasteiger partial charge < -0.3 is 10.2 Å². The van der Waals surface area contributed by atoms with Crippen molar-refractivity contribution in [2.24, 2.45) is 0 Å². The average molecular weight is 255 g/mol. The van der Waals surface area contributed by atoms with Crippen molar-refractivity contribution in [3.05, 3.63) is 29.6 Å². The molecule has 0 aromatic heterocycles. The second-order valence-corrected chi connectivity index (χ2v) is 5.19. The summed E-state index contributed by atoms with van der Waals surface area (Å²) in [5.41, 5.74) is -0.0110. The first-order chi connectivity index (χ1) is 8.20. The van der Waals surface area contributed by atoms with Gasteiger partial charge in [-0.3, -0.25) is 9.69 Å². The molecule has 0 amide bonds. The molecule has 4 nitrogen and oxygen atoms in total. The summed E-state index contributed by atoms with van der Waals surface area (Å²) in [4.78, 5) is 12.5. The van der Waals surface area contributed by atoms with Gasteiger partial charge in [0.05, 0.1) is 6.54 Å². The van der Waals surface area contributed by atoms with E-state index in [2.05, 4.69) is 0 Å². The van der Waals surface area contributed by atoms with Gasteiger partial charge in [0.25, 0.3) is 0 Å². The van der Waals surface area contributed by atoms with Gasteiger partial charge in [0.2, 0.25) is 0 Å². The van der Waals surface area contributed by atoms with Crippen molar-refractivity contribution in [3.63, 3.8) is 0 Å². The summed E-state index contributed by atoms with van der Waals surface area (Å²) in [6.07, 6.45) is 0. The van der Waals surface area contributed by atoms with Crippen molar-refractivity contribution in [2.75, 3.05) is 6.54 Å². The Bertz CT molecular complexity index is 440. The molecule has 5 heteroatoms. The van der Waals surface area contributed by atoms with Crippen LogP contribution in [0.3, 0.4) is 0 Å². The molecule has 0 saturated heterocycles. The second-order valence-electron chi connectivity index (χ2n) is 5.19. The van der Waals surface area contributed by atoms with Gasteiger partial charge in [-0.1, -0.05) is 0 Å². The molecule has 0 saturated carbocycles. The molecule has 0 aliphatic rings. The molecular weight excluding hydrogens is 237 g/mol. The third-order valence-corrected chi connectivity index (χ3v) is 2.68. The first-order valence-electron chi connectivity index (χ1n) is 5.64. The predicted molar refractivity (Wildman–Crippen MR) is 65.9 cm³/mol. The van der Waals surface area contributed by atoms with E-state index in [0.29, 0.717) is 5.56 Å². The maximum absolute atomic E-state index is 13.1. The van der Waals surface area contributed by atoms with E-state index in [1.807, 2.05) is 20.8 Å². The van der Waals surface area contributed by atoms with Gasteiger partial charge in [0.15, 0.2) is 0 Å². The minimum absolute atomic E-state index is 0.0314. The number of aliphatic carboxylic acids is 1. The molecule has 0 bridgehead atoms.